The predicted molar refractivity (Wildman–Crippen MR) is 156 cm³/mol. The maximum atomic E-state index is 14.0. The van der Waals surface area contributed by atoms with Crippen LogP contribution in [0.15, 0.2) is 83.8 Å². The highest BCUT2D eigenvalue weighted by Crippen LogP contribution is 2.27. The van der Waals surface area contributed by atoms with Crippen molar-refractivity contribution in [1.82, 2.24) is 10.2 Å². The smallest absolute Gasteiger partial charge is 0.264 e. The molecule has 2 amide bonds. The Morgan fingerprint density at radius 1 is 0.875 bits per heavy atom. The van der Waals surface area contributed by atoms with E-state index in [1.165, 1.54) is 29.2 Å². The van der Waals surface area contributed by atoms with E-state index in [4.69, 9.17) is 0 Å². The van der Waals surface area contributed by atoms with Gasteiger partial charge in [0.1, 0.15) is 18.4 Å². The van der Waals surface area contributed by atoms with Gasteiger partial charge in [0.15, 0.2) is 0 Å². The number of hydrogen-bond donors (Lipinski definition) is 1. The fraction of sp³-hybridized carbons (Fsp3) is 0.355. The van der Waals surface area contributed by atoms with Crippen LogP contribution in [-0.2, 0) is 26.2 Å². The van der Waals surface area contributed by atoms with Crippen molar-refractivity contribution < 1.29 is 22.4 Å². The Morgan fingerprint density at radius 3 is 2.00 bits per heavy atom. The van der Waals surface area contributed by atoms with Crippen LogP contribution in [0.4, 0.5) is 10.1 Å². The molecule has 0 aromatic heterocycles. The van der Waals surface area contributed by atoms with Gasteiger partial charge in [0.25, 0.3) is 10.0 Å². The molecule has 0 heterocycles. The van der Waals surface area contributed by atoms with Gasteiger partial charge in [0.2, 0.25) is 11.8 Å². The molecule has 40 heavy (non-hydrogen) atoms. The maximum absolute atomic E-state index is 14.0. The van der Waals surface area contributed by atoms with E-state index in [1.54, 1.807) is 49.4 Å². The normalized spacial score (nSPS) is 12.3. The van der Waals surface area contributed by atoms with Crippen LogP contribution in [0.2, 0.25) is 0 Å². The standard InChI is InChI=1S/C31H38FN3O4S/c1-6-29(31(37)33-23(4)5)34(20-24-12-16-26(32)17-13-24)30(36)21-35(27-18-14-25(15-19-27)22(2)3)40(38,39)28-10-8-7-9-11-28/h7-19,22-23,29H,6,20-21H2,1-5H3,(H,33,37)/t29-/m1/s1. The van der Waals surface area contributed by atoms with Crippen molar-refractivity contribution in [3.05, 3.63) is 95.8 Å². The Bertz CT molecular complexity index is 1380. The first-order chi connectivity index (χ1) is 18.9. The molecule has 3 aromatic rings. The van der Waals surface area contributed by atoms with Crippen molar-refractivity contribution in [2.45, 2.75) is 70.5 Å². The number of hydrogen-bond acceptors (Lipinski definition) is 4. The van der Waals surface area contributed by atoms with Gasteiger partial charge in [-0.05, 0) is 73.7 Å². The van der Waals surface area contributed by atoms with Gasteiger partial charge in [-0.15, -0.1) is 0 Å². The zero-order chi connectivity index (χ0) is 29.4. The molecule has 0 fully saturated rings. The van der Waals surface area contributed by atoms with Crippen molar-refractivity contribution in [2.24, 2.45) is 0 Å². The minimum Gasteiger partial charge on any atom is -0.352 e. The summed E-state index contributed by atoms with van der Waals surface area (Å²) < 4.78 is 42.4. The largest absolute Gasteiger partial charge is 0.352 e. The summed E-state index contributed by atoms with van der Waals surface area (Å²) in [5.41, 5.74) is 1.98. The van der Waals surface area contributed by atoms with Gasteiger partial charge in [0.05, 0.1) is 10.6 Å². The van der Waals surface area contributed by atoms with Gasteiger partial charge in [-0.2, -0.15) is 0 Å². The molecular weight excluding hydrogens is 529 g/mol. The molecule has 3 rings (SSSR count). The SMILES string of the molecule is CC[C@H](C(=O)NC(C)C)N(Cc1ccc(F)cc1)C(=O)CN(c1ccc(C(C)C)cc1)S(=O)(=O)c1ccccc1. The van der Waals surface area contributed by atoms with E-state index in [9.17, 15) is 22.4 Å². The summed E-state index contributed by atoms with van der Waals surface area (Å²) in [4.78, 5) is 28.6. The summed E-state index contributed by atoms with van der Waals surface area (Å²) in [6.45, 7) is 9.00. The summed E-state index contributed by atoms with van der Waals surface area (Å²) in [5.74, 6) is -1.07. The molecule has 0 saturated heterocycles. The summed E-state index contributed by atoms with van der Waals surface area (Å²) in [6.07, 6.45) is 0.306. The molecule has 0 aliphatic heterocycles. The Labute approximate surface area is 237 Å². The molecule has 1 N–H and O–H groups in total. The molecule has 0 aliphatic rings. The van der Waals surface area contributed by atoms with E-state index < -0.39 is 34.3 Å². The van der Waals surface area contributed by atoms with Crippen LogP contribution < -0.4 is 9.62 Å². The Kier molecular flexibility index (Phi) is 10.5. The lowest BCUT2D eigenvalue weighted by atomic mass is 10.0. The van der Waals surface area contributed by atoms with Gasteiger partial charge >= 0.3 is 0 Å². The number of anilines is 1. The fourth-order valence-electron chi connectivity index (χ4n) is 4.36. The average molecular weight is 568 g/mol. The first-order valence-corrected chi connectivity index (χ1v) is 14.9. The van der Waals surface area contributed by atoms with E-state index in [-0.39, 0.29) is 29.3 Å². The van der Waals surface area contributed by atoms with Crippen molar-refractivity contribution in [3.63, 3.8) is 0 Å². The predicted octanol–water partition coefficient (Wildman–Crippen LogP) is 5.48. The quantitative estimate of drug-likeness (QED) is 0.314. The van der Waals surface area contributed by atoms with E-state index in [1.807, 2.05) is 39.8 Å². The third kappa shape index (κ3) is 7.69. The highest BCUT2D eigenvalue weighted by molar-refractivity contribution is 7.92. The third-order valence-corrected chi connectivity index (χ3v) is 8.33. The van der Waals surface area contributed by atoms with E-state index in [2.05, 4.69) is 5.32 Å². The summed E-state index contributed by atoms with van der Waals surface area (Å²) in [5, 5.41) is 2.86. The monoisotopic (exact) mass is 567 g/mol. The molecule has 0 bridgehead atoms. The molecule has 0 aliphatic carbocycles. The van der Waals surface area contributed by atoms with Gasteiger partial charge < -0.3 is 10.2 Å². The number of benzene rings is 3. The molecular formula is C31H38FN3O4S. The van der Waals surface area contributed by atoms with Crippen LogP contribution in [0.5, 0.6) is 0 Å². The van der Waals surface area contributed by atoms with E-state index in [0.29, 0.717) is 17.7 Å². The van der Waals surface area contributed by atoms with Crippen LogP contribution in [-0.4, -0.2) is 43.8 Å². The van der Waals surface area contributed by atoms with Crippen LogP contribution in [0.25, 0.3) is 0 Å². The molecule has 9 heteroatoms. The number of carbonyl (C=O) groups is 2. The topological polar surface area (TPSA) is 86.8 Å². The van der Waals surface area contributed by atoms with E-state index >= 15 is 0 Å². The average Bonchev–Trinajstić information content (AvgIpc) is 2.92. The lowest BCUT2D eigenvalue weighted by Gasteiger charge is -2.33. The molecule has 214 valence electrons. The summed E-state index contributed by atoms with van der Waals surface area (Å²) >= 11 is 0. The number of halogens is 1. The van der Waals surface area contributed by atoms with E-state index in [0.717, 1.165) is 9.87 Å². The van der Waals surface area contributed by atoms with Gasteiger partial charge in [-0.25, -0.2) is 12.8 Å². The number of carbonyl (C=O) groups excluding carboxylic acids is 2. The van der Waals surface area contributed by atoms with Crippen molar-refractivity contribution in [3.8, 4) is 0 Å². The molecule has 1 atom stereocenters. The third-order valence-electron chi connectivity index (χ3n) is 6.54. The molecule has 0 unspecified atom stereocenters. The minimum absolute atomic E-state index is 0.00858. The van der Waals surface area contributed by atoms with Crippen molar-refractivity contribution >= 4 is 27.5 Å². The Balaban J connectivity index is 2.06. The number of sulfonamides is 1. The lowest BCUT2D eigenvalue weighted by molar-refractivity contribution is -0.140. The number of amides is 2. The first kappa shape index (κ1) is 30.8. The molecule has 0 radical (unpaired) electrons. The fourth-order valence-corrected chi connectivity index (χ4v) is 5.80. The molecule has 0 saturated carbocycles. The molecule has 0 spiro atoms. The number of nitrogens with one attached hydrogen (secondary N) is 1. The van der Waals surface area contributed by atoms with Crippen molar-refractivity contribution in [2.75, 3.05) is 10.8 Å². The zero-order valence-electron chi connectivity index (χ0n) is 23.7. The second-order valence-corrected chi connectivity index (χ2v) is 12.2. The van der Waals surface area contributed by atoms with Gasteiger partial charge in [0, 0.05) is 12.6 Å². The Hall–Kier alpha value is -3.72. The maximum Gasteiger partial charge on any atom is 0.264 e. The highest BCUT2D eigenvalue weighted by atomic mass is 32.2. The number of rotatable bonds is 12. The molecule has 7 nitrogen and oxygen atoms in total. The van der Waals surface area contributed by atoms with Crippen LogP contribution in [0, 0.1) is 5.82 Å². The summed E-state index contributed by atoms with van der Waals surface area (Å²) in [6, 6.07) is 19.7. The number of nitrogens with zero attached hydrogens (tertiary/aromatic N) is 2. The van der Waals surface area contributed by atoms with Crippen LogP contribution >= 0.6 is 0 Å². The van der Waals surface area contributed by atoms with Crippen LogP contribution in [0.3, 0.4) is 0 Å². The highest BCUT2D eigenvalue weighted by Gasteiger charge is 2.33. The Morgan fingerprint density at radius 2 is 1.48 bits per heavy atom. The zero-order valence-corrected chi connectivity index (χ0v) is 24.5. The first-order valence-electron chi connectivity index (χ1n) is 13.5. The minimum atomic E-state index is -4.13. The summed E-state index contributed by atoms with van der Waals surface area (Å²) in [7, 11) is -4.13. The van der Waals surface area contributed by atoms with Gasteiger partial charge in [-0.3, -0.25) is 13.9 Å². The second kappa shape index (κ2) is 13.6. The van der Waals surface area contributed by atoms with Crippen LogP contribution in [0.1, 0.15) is 58.1 Å². The van der Waals surface area contributed by atoms with Crippen molar-refractivity contribution in [1.29, 1.82) is 0 Å². The molecule has 3 aromatic carbocycles. The lowest BCUT2D eigenvalue weighted by Crippen LogP contribution is -2.53. The van der Waals surface area contributed by atoms with Gasteiger partial charge in [-0.1, -0.05) is 63.2 Å². The second-order valence-electron chi connectivity index (χ2n) is 10.3.